The van der Waals surface area contributed by atoms with Crippen LogP contribution in [0.15, 0.2) is 54.6 Å². The van der Waals surface area contributed by atoms with E-state index < -0.39 is 204 Å². The molecule has 30 heteroatoms. The lowest BCUT2D eigenvalue weighted by atomic mass is 9.74. The van der Waals surface area contributed by atoms with Crippen molar-refractivity contribution >= 4 is 77.0 Å². The van der Waals surface area contributed by atoms with E-state index in [1.165, 1.54) is 64.6 Å². The van der Waals surface area contributed by atoms with Gasteiger partial charge in [-0.2, -0.15) is 13.2 Å². The number of likely N-dealkylation sites (tertiary alicyclic amines) is 1. The average Bonchev–Trinajstić information content (AvgIpc) is 1.44. The van der Waals surface area contributed by atoms with Gasteiger partial charge in [0, 0.05) is 86.9 Å². The molecule has 4 fully saturated rings. The molecule has 1 spiro atoms. The van der Waals surface area contributed by atoms with Crippen LogP contribution in [0.2, 0.25) is 0 Å². The molecule has 3 N–H and O–H groups in total. The molecule has 2 aromatic rings. The molecule has 10 atom stereocenters. The van der Waals surface area contributed by atoms with Crippen LogP contribution < -0.4 is 16.0 Å². The van der Waals surface area contributed by atoms with Crippen molar-refractivity contribution in [2.24, 2.45) is 11.8 Å². The van der Waals surface area contributed by atoms with Gasteiger partial charge in [-0.1, -0.05) is 95.5 Å². The monoisotopic (exact) mass is 1530 g/mol. The zero-order valence-electron chi connectivity index (χ0n) is 64.5. The molecule has 7 heterocycles. The second-order valence-corrected chi connectivity index (χ2v) is 30.6. The number of hydrogen-bond donors (Lipinski definition) is 3. The quantitative estimate of drug-likeness (QED) is 0.122. The van der Waals surface area contributed by atoms with Gasteiger partial charge in [0.05, 0.1) is 19.1 Å². The van der Waals surface area contributed by atoms with Gasteiger partial charge in [-0.25, -0.2) is 8.78 Å². The summed E-state index contributed by atoms with van der Waals surface area (Å²) in [5.41, 5.74) is -2.88. The van der Waals surface area contributed by atoms with Gasteiger partial charge in [-0.05, 0) is 137 Å². The number of alkyl halides is 3. The van der Waals surface area contributed by atoms with Crippen molar-refractivity contribution in [3.63, 3.8) is 0 Å². The Morgan fingerprint density at radius 3 is 1.90 bits per heavy atom. The molecular weight excluding hydrogens is 1420 g/mol. The van der Waals surface area contributed by atoms with E-state index >= 15 is 61.5 Å². The Kier molecular flexibility index (Phi) is 28.4. The zero-order valence-corrected chi connectivity index (χ0v) is 64.5. The van der Waals surface area contributed by atoms with Crippen molar-refractivity contribution in [3.05, 3.63) is 88.5 Å². The zero-order chi connectivity index (χ0) is 79.5. The summed E-state index contributed by atoms with van der Waals surface area (Å²) in [5.74, 6) is -13.6. The maximum atomic E-state index is 15.8. The lowest BCUT2D eigenvalue weighted by molar-refractivity contribution is -0.158. The normalized spacial score (nSPS) is 27.3. The smallest absolute Gasteiger partial charge is 0.377 e. The highest BCUT2D eigenvalue weighted by Gasteiger charge is 2.54. The first kappa shape index (κ1) is 84.2. The fraction of sp³-hybridized carbons (Fsp3) is 0.646. The third-order valence-corrected chi connectivity index (χ3v) is 23.3. The molecule has 0 aromatic heterocycles. The Morgan fingerprint density at radius 1 is 0.633 bits per heavy atom. The van der Waals surface area contributed by atoms with E-state index in [0.29, 0.717) is 101 Å². The SMILES string of the molecule is CCO[C@@H]1C[C@H]2C(=O)NC3(CCC3)C(=O)N(C)[C@@H](C(CC)CC)C(=O)N(C)[C@H](C(=O)N3CCCC3)CC(=O)N(C)[C@H]3CCC/C=C\c4ccc(cc4)C[C@@H](C(=O)N(C)CC(=O)N[C@@H](CCc4cc(F)c(C(F)(F)F)c(F)c4)C(=O)N2C1)N1CC/C=C\C[C@@H](C1=O)N(C)C(=O)CN(C1CC1)C(=O)[C@H]([C@@H](C)CC)NC3=O. The summed E-state index contributed by atoms with van der Waals surface area (Å²) in [4.78, 5) is 196. The molecule has 11 rings (SSSR count). The lowest BCUT2D eigenvalue weighted by Gasteiger charge is -2.47. The second-order valence-electron chi connectivity index (χ2n) is 30.6. The minimum atomic E-state index is -5.42. The van der Waals surface area contributed by atoms with Crippen LogP contribution in [0, 0.1) is 23.5 Å². The number of carbonyl (C=O) groups is 12. The van der Waals surface area contributed by atoms with Gasteiger partial charge in [0.1, 0.15) is 77.6 Å². The first-order chi connectivity index (χ1) is 51.8. The maximum absolute atomic E-state index is 15.8. The van der Waals surface area contributed by atoms with Gasteiger partial charge in [-0.3, -0.25) is 57.5 Å². The van der Waals surface area contributed by atoms with Gasteiger partial charge >= 0.3 is 6.18 Å². The van der Waals surface area contributed by atoms with Crippen LogP contribution in [0.3, 0.4) is 0 Å². The average molecular weight is 1530 g/mol. The summed E-state index contributed by atoms with van der Waals surface area (Å²) in [6.45, 7) is 8.10. The van der Waals surface area contributed by atoms with Crippen LogP contribution in [0.1, 0.15) is 172 Å². The fourth-order valence-electron chi connectivity index (χ4n) is 16.1. The molecule has 0 unspecified atom stereocenters. The number of allylic oxidation sites excluding steroid dienone is 1. The highest BCUT2D eigenvalue weighted by molar-refractivity contribution is 6.01. The van der Waals surface area contributed by atoms with Gasteiger partial charge < -0.3 is 64.8 Å². The standard InChI is InChI=1S/C79H109F5N12O13/c1-11-48(5)67-75(106)95(53-32-33-53)47-65(99)90(8)59-26-19-16-20-39-94(74(59)105)62-42-50-29-27-49(28-30-50)24-17-15-18-25-58(69(100)86-67)89(7)64(98)44-61(73(104)93-37-21-22-38-93)91(9)76(107)68(52(12-2)13-3)92(10)77(108)78(35-23-36-78)87-70(101)60-43-54(109-14-4)45-96(60)71(102)57(85-63(97)46-88(6)72(62)103)34-31-51-40-55(80)66(56(81)41-51)79(82,83)84/h16-17,19,24,27-30,40-41,48,52-54,57-62,67-68H,11-15,18,20-23,25-26,31-39,42-47H2,1-10H3,(H,85,97)(H,86,100)(H,87,101)/b19-16-,24-17-/t48-,54+,57-,58-,59-,60-,61-,62-,67-,68-/m0/s1. The van der Waals surface area contributed by atoms with E-state index in [-0.39, 0.29) is 70.2 Å². The van der Waals surface area contributed by atoms with Crippen LogP contribution in [0.4, 0.5) is 22.0 Å². The molecule has 9 aliphatic rings. The van der Waals surface area contributed by atoms with Crippen molar-refractivity contribution in [2.75, 3.05) is 81.1 Å². The van der Waals surface area contributed by atoms with Crippen LogP contribution in [-0.4, -0.2) is 262 Å². The molecule has 7 aliphatic heterocycles. The van der Waals surface area contributed by atoms with Gasteiger partial charge in [0.25, 0.3) is 0 Å². The first-order valence-electron chi connectivity index (χ1n) is 38.8. The third kappa shape index (κ3) is 19.7. The van der Waals surface area contributed by atoms with E-state index in [4.69, 9.17) is 4.74 Å². The van der Waals surface area contributed by atoms with Crippen LogP contribution in [-0.2, 0) is 81.3 Å². The number of rotatable bonds is 12. The van der Waals surface area contributed by atoms with Crippen LogP contribution in [0.5, 0.6) is 0 Å². The summed E-state index contributed by atoms with van der Waals surface area (Å²) in [5, 5.41) is 8.62. The number of nitrogens with zero attached hydrogens (tertiary/aromatic N) is 9. The molecule has 2 aliphatic carbocycles. The highest BCUT2D eigenvalue weighted by Crippen LogP contribution is 2.39. The Morgan fingerprint density at radius 2 is 1.29 bits per heavy atom. The minimum absolute atomic E-state index is 0.0187. The number of halogens is 5. The Labute approximate surface area is 635 Å². The Bertz CT molecular complexity index is 3720. The summed E-state index contributed by atoms with van der Waals surface area (Å²) < 4.78 is 78.3. The number of nitrogens with one attached hydrogen (secondary N) is 3. The third-order valence-electron chi connectivity index (χ3n) is 23.3. The molecule has 2 saturated carbocycles. The molecule has 25 nitrogen and oxygen atoms in total. The lowest BCUT2D eigenvalue weighted by Crippen LogP contribution is -2.68. The number of amides is 12. The van der Waals surface area contributed by atoms with E-state index in [0.717, 1.165) is 9.80 Å². The summed E-state index contributed by atoms with van der Waals surface area (Å²) in [6.07, 6.45) is 4.06. The van der Waals surface area contributed by atoms with Gasteiger partial charge in [0.15, 0.2) is 0 Å². The Balaban J connectivity index is 1.18. The number of likely N-dealkylation sites (N-methyl/N-ethyl adjacent to an activating group) is 5. The topological polar surface area (TPSA) is 279 Å². The van der Waals surface area contributed by atoms with Crippen molar-refractivity contribution in [1.82, 2.24) is 60.0 Å². The molecule has 2 saturated heterocycles. The van der Waals surface area contributed by atoms with Crippen molar-refractivity contribution < 1.29 is 84.2 Å². The largest absolute Gasteiger partial charge is 0.422 e. The number of aryl methyl sites for hydroxylation is 1. The first-order valence-corrected chi connectivity index (χ1v) is 38.8. The van der Waals surface area contributed by atoms with Crippen molar-refractivity contribution in [1.29, 1.82) is 0 Å². The van der Waals surface area contributed by atoms with E-state index in [2.05, 4.69) is 16.0 Å². The van der Waals surface area contributed by atoms with Crippen LogP contribution >= 0.6 is 0 Å². The number of benzene rings is 2. The van der Waals surface area contributed by atoms with Crippen molar-refractivity contribution in [3.8, 4) is 0 Å². The van der Waals surface area contributed by atoms with Crippen molar-refractivity contribution in [2.45, 2.75) is 235 Å². The van der Waals surface area contributed by atoms with E-state index in [1.54, 1.807) is 49.1 Å². The molecule has 12 amide bonds. The van der Waals surface area contributed by atoms with Crippen LogP contribution in [0.25, 0.3) is 6.08 Å². The number of fused-ring (bicyclic) bond motifs is 22. The summed E-state index contributed by atoms with van der Waals surface area (Å²) >= 11 is 0. The Hall–Kier alpha value is -8.83. The van der Waals surface area contributed by atoms with E-state index in [1.807, 2.05) is 39.0 Å². The second kappa shape index (κ2) is 36.8. The number of hydrogen-bond acceptors (Lipinski definition) is 13. The molecular formula is C79H109F5N12O13. The predicted molar refractivity (Wildman–Crippen MR) is 393 cm³/mol. The molecule has 6 bridgehead atoms. The summed E-state index contributed by atoms with van der Waals surface area (Å²) in [6, 6.07) is -3.45. The van der Waals surface area contributed by atoms with Gasteiger partial charge in [-0.15, -0.1) is 0 Å². The molecule has 2 aromatic carbocycles. The van der Waals surface area contributed by atoms with E-state index in [9.17, 15) is 18.0 Å². The molecule has 109 heavy (non-hydrogen) atoms. The maximum Gasteiger partial charge on any atom is 0.422 e. The summed E-state index contributed by atoms with van der Waals surface area (Å²) in [7, 11) is 7.00. The number of carbonyl (C=O) groups excluding carboxylic acids is 12. The molecule has 598 valence electrons. The predicted octanol–water partition coefficient (Wildman–Crippen LogP) is 6.18. The number of ether oxygens (including phenoxy) is 1. The van der Waals surface area contributed by atoms with Gasteiger partial charge in [0.2, 0.25) is 70.9 Å². The molecule has 0 radical (unpaired) electrons. The highest BCUT2D eigenvalue weighted by atomic mass is 19.4. The minimum Gasteiger partial charge on any atom is -0.377 e. The fourth-order valence-corrected chi connectivity index (χ4v) is 16.1.